The van der Waals surface area contributed by atoms with Crippen molar-refractivity contribution in [1.82, 2.24) is 24.6 Å². The van der Waals surface area contributed by atoms with Crippen molar-refractivity contribution in [3.05, 3.63) is 82.0 Å². The fourth-order valence-electron chi connectivity index (χ4n) is 3.59. The first-order chi connectivity index (χ1) is 15.5. The summed E-state index contributed by atoms with van der Waals surface area (Å²) in [5, 5.41) is 7.66. The predicted molar refractivity (Wildman–Crippen MR) is 122 cm³/mol. The van der Waals surface area contributed by atoms with E-state index in [1.54, 1.807) is 18.7 Å². The lowest BCUT2D eigenvalue weighted by Crippen LogP contribution is -2.29. The molecule has 0 fully saturated rings. The highest BCUT2D eigenvalue weighted by molar-refractivity contribution is 5.77. The number of para-hydroxylation sites is 1. The molecule has 1 N–H and O–H groups in total. The van der Waals surface area contributed by atoms with Gasteiger partial charge in [-0.1, -0.05) is 35.9 Å². The average Bonchev–Trinajstić information content (AvgIpc) is 3.22. The molecule has 0 aliphatic heterocycles. The number of carbonyl (C=O) groups excluding carboxylic acids is 1. The molecule has 2 aromatic heterocycles. The summed E-state index contributed by atoms with van der Waals surface area (Å²) >= 11 is 0. The molecule has 8 nitrogen and oxygen atoms in total. The van der Waals surface area contributed by atoms with Crippen LogP contribution in [0.3, 0.4) is 0 Å². The number of carbonyl (C=O) groups is 1. The molecule has 8 heteroatoms. The molecule has 164 valence electrons. The number of rotatable bonds is 7. The molecule has 0 saturated heterocycles. The Morgan fingerprint density at radius 2 is 1.84 bits per heavy atom. The van der Waals surface area contributed by atoms with Crippen LogP contribution in [0.2, 0.25) is 0 Å². The lowest BCUT2D eigenvalue weighted by molar-refractivity contribution is -0.121. The van der Waals surface area contributed by atoms with E-state index in [0.29, 0.717) is 23.4 Å². The number of aromatic nitrogens is 4. The van der Waals surface area contributed by atoms with Crippen LogP contribution < -0.4 is 15.6 Å². The molecule has 4 rings (SSSR count). The Hall–Kier alpha value is -3.94. The number of hydrogen-bond acceptors (Lipinski definition) is 5. The van der Waals surface area contributed by atoms with E-state index in [-0.39, 0.29) is 24.4 Å². The van der Waals surface area contributed by atoms with Crippen molar-refractivity contribution >= 4 is 16.9 Å². The van der Waals surface area contributed by atoms with Gasteiger partial charge in [0.2, 0.25) is 5.91 Å². The summed E-state index contributed by atoms with van der Waals surface area (Å²) in [5.41, 5.74) is 3.17. The smallest absolute Gasteiger partial charge is 0.264 e. The molecule has 2 heterocycles. The summed E-state index contributed by atoms with van der Waals surface area (Å²) in [7, 11) is 1.60. The summed E-state index contributed by atoms with van der Waals surface area (Å²) in [4.78, 5) is 30.0. The van der Waals surface area contributed by atoms with Crippen LogP contribution in [0, 0.1) is 13.8 Å². The van der Waals surface area contributed by atoms with Gasteiger partial charge in [0.05, 0.1) is 19.0 Å². The second-order valence-electron chi connectivity index (χ2n) is 7.58. The van der Waals surface area contributed by atoms with Crippen molar-refractivity contribution in [1.29, 1.82) is 0 Å². The minimum absolute atomic E-state index is 0.155. The van der Waals surface area contributed by atoms with Gasteiger partial charge in [-0.05, 0) is 32.0 Å². The van der Waals surface area contributed by atoms with Gasteiger partial charge in [0.25, 0.3) is 5.56 Å². The third-order valence-electron chi connectivity index (χ3n) is 5.39. The largest absolute Gasteiger partial charge is 0.496 e. The van der Waals surface area contributed by atoms with Gasteiger partial charge in [0.15, 0.2) is 5.65 Å². The van der Waals surface area contributed by atoms with Crippen molar-refractivity contribution in [2.45, 2.75) is 33.4 Å². The molecule has 0 bridgehead atoms. The first-order valence-corrected chi connectivity index (χ1v) is 10.4. The molecule has 1 amide bonds. The zero-order chi connectivity index (χ0) is 22.7. The van der Waals surface area contributed by atoms with E-state index >= 15 is 0 Å². The summed E-state index contributed by atoms with van der Waals surface area (Å²) < 4.78 is 8.49. The number of fused-ring (bicyclic) bond motifs is 1. The van der Waals surface area contributed by atoms with E-state index in [9.17, 15) is 9.59 Å². The molecule has 0 aliphatic rings. The van der Waals surface area contributed by atoms with Crippen LogP contribution in [0.4, 0.5) is 0 Å². The normalized spacial score (nSPS) is 11.0. The van der Waals surface area contributed by atoms with Crippen molar-refractivity contribution in [3.63, 3.8) is 0 Å². The Kier molecular flexibility index (Phi) is 6.02. The molecular formula is C24H25N5O3. The first-order valence-electron chi connectivity index (χ1n) is 10.4. The van der Waals surface area contributed by atoms with Crippen LogP contribution in [0.5, 0.6) is 5.75 Å². The Morgan fingerprint density at radius 1 is 1.09 bits per heavy atom. The summed E-state index contributed by atoms with van der Waals surface area (Å²) in [6.07, 6.45) is 1.69. The number of ether oxygens (including phenoxy) is 1. The lowest BCUT2D eigenvalue weighted by Gasteiger charge is -2.12. The number of nitrogens with zero attached hydrogens (tertiary/aromatic N) is 4. The Balaban J connectivity index is 1.49. The van der Waals surface area contributed by atoms with Gasteiger partial charge >= 0.3 is 0 Å². The fourth-order valence-corrected chi connectivity index (χ4v) is 3.59. The van der Waals surface area contributed by atoms with E-state index in [1.165, 1.54) is 10.8 Å². The zero-order valence-electron chi connectivity index (χ0n) is 18.3. The maximum Gasteiger partial charge on any atom is 0.264 e. The summed E-state index contributed by atoms with van der Waals surface area (Å²) in [6.45, 7) is 4.37. The predicted octanol–water partition coefficient (Wildman–Crippen LogP) is 2.91. The highest BCUT2D eigenvalue weighted by atomic mass is 16.5. The van der Waals surface area contributed by atoms with E-state index in [2.05, 4.69) is 15.4 Å². The van der Waals surface area contributed by atoms with Crippen LogP contribution in [0.15, 0.2) is 59.5 Å². The third-order valence-corrected chi connectivity index (χ3v) is 5.39. The molecule has 0 saturated carbocycles. The summed E-state index contributed by atoms with van der Waals surface area (Å²) in [5.74, 6) is 1.10. The van der Waals surface area contributed by atoms with Gasteiger partial charge in [-0.2, -0.15) is 5.10 Å². The third kappa shape index (κ3) is 4.25. The Bertz CT molecular complexity index is 1320. The molecular weight excluding hydrogens is 406 g/mol. The zero-order valence-corrected chi connectivity index (χ0v) is 18.3. The van der Waals surface area contributed by atoms with Gasteiger partial charge in [0, 0.05) is 25.1 Å². The molecule has 0 aliphatic carbocycles. The Labute approximate surface area is 185 Å². The quantitative estimate of drug-likeness (QED) is 0.486. The second kappa shape index (κ2) is 9.05. The number of benzene rings is 2. The van der Waals surface area contributed by atoms with Crippen LogP contribution in [0.1, 0.15) is 23.4 Å². The molecule has 0 atom stereocenters. The van der Waals surface area contributed by atoms with E-state index in [4.69, 9.17) is 4.74 Å². The van der Waals surface area contributed by atoms with Gasteiger partial charge in [-0.25, -0.2) is 9.67 Å². The molecule has 0 spiro atoms. The van der Waals surface area contributed by atoms with Gasteiger partial charge in [-0.15, -0.1) is 0 Å². The molecule has 0 radical (unpaired) electrons. The highest BCUT2D eigenvalue weighted by Crippen LogP contribution is 2.17. The lowest BCUT2D eigenvalue weighted by atomic mass is 10.2. The number of methoxy groups -OCH3 is 1. The molecule has 0 unspecified atom stereocenters. The van der Waals surface area contributed by atoms with Crippen LogP contribution in [-0.2, 0) is 17.9 Å². The van der Waals surface area contributed by atoms with Crippen molar-refractivity contribution in [3.8, 4) is 11.4 Å². The second-order valence-corrected chi connectivity index (χ2v) is 7.58. The number of amides is 1. The highest BCUT2D eigenvalue weighted by Gasteiger charge is 2.15. The average molecular weight is 431 g/mol. The summed E-state index contributed by atoms with van der Waals surface area (Å²) in [6, 6.07) is 15.4. The van der Waals surface area contributed by atoms with Crippen LogP contribution in [0.25, 0.3) is 16.7 Å². The maximum atomic E-state index is 13.0. The maximum absolute atomic E-state index is 13.0. The number of hydrogen-bond donors (Lipinski definition) is 1. The number of nitrogens with one attached hydrogen (secondary N) is 1. The van der Waals surface area contributed by atoms with E-state index < -0.39 is 0 Å². The Morgan fingerprint density at radius 3 is 2.59 bits per heavy atom. The standard InChI is InChI=1S/C24H25N5O3/c1-16-8-10-19(11-9-16)29-23-20(15-26-29)24(31)28(17(2)27-23)13-12-22(30)25-14-18-6-4-5-7-21(18)32-3/h4-11,15H,12-14H2,1-3H3,(H,25,30). The monoisotopic (exact) mass is 431 g/mol. The van der Waals surface area contributed by atoms with Crippen LogP contribution >= 0.6 is 0 Å². The SMILES string of the molecule is COc1ccccc1CNC(=O)CCn1c(C)nc2c(cnn2-c2ccc(C)cc2)c1=O. The minimum atomic E-state index is -0.205. The van der Waals surface area contributed by atoms with E-state index in [1.807, 2.05) is 55.5 Å². The van der Waals surface area contributed by atoms with Crippen LogP contribution in [-0.4, -0.2) is 32.3 Å². The van der Waals surface area contributed by atoms with Gasteiger partial charge < -0.3 is 10.1 Å². The first kappa shape index (κ1) is 21.3. The van der Waals surface area contributed by atoms with Crippen molar-refractivity contribution < 1.29 is 9.53 Å². The number of aryl methyl sites for hydroxylation is 2. The van der Waals surface area contributed by atoms with Gasteiger partial charge in [0.1, 0.15) is 17.0 Å². The van der Waals surface area contributed by atoms with Gasteiger partial charge in [-0.3, -0.25) is 14.2 Å². The molecule has 4 aromatic rings. The molecule has 32 heavy (non-hydrogen) atoms. The van der Waals surface area contributed by atoms with Crippen molar-refractivity contribution in [2.24, 2.45) is 0 Å². The fraction of sp³-hybridized carbons (Fsp3) is 0.250. The topological polar surface area (TPSA) is 91.0 Å². The molecule has 2 aromatic carbocycles. The van der Waals surface area contributed by atoms with Crippen molar-refractivity contribution in [2.75, 3.05) is 7.11 Å². The minimum Gasteiger partial charge on any atom is -0.496 e. The van der Waals surface area contributed by atoms with E-state index in [0.717, 1.165) is 22.6 Å².